The fourth-order valence-corrected chi connectivity index (χ4v) is 2.84. The largest absolute Gasteiger partial charge is 0.297 e. The molecule has 0 unspecified atom stereocenters. The molecule has 1 saturated carbocycles. The fourth-order valence-electron chi connectivity index (χ4n) is 2.84. The molecule has 0 aromatic carbocycles. The van der Waals surface area contributed by atoms with Crippen LogP contribution >= 0.6 is 0 Å². The maximum absolute atomic E-state index is 4.55. The van der Waals surface area contributed by atoms with E-state index in [1.807, 2.05) is 7.05 Å². The third kappa shape index (κ3) is 5.14. The summed E-state index contributed by atoms with van der Waals surface area (Å²) >= 11 is 0. The van der Waals surface area contributed by atoms with Crippen molar-refractivity contribution in [1.29, 1.82) is 0 Å². The lowest BCUT2D eigenvalue weighted by atomic mass is 9.84. The first-order valence-electron chi connectivity index (χ1n) is 7.34. The Morgan fingerprint density at radius 2 is 1.69 bits per heavy atom. The highest BCUT2D eigenvalue weighted by molar-refractivity contribution is 5.86. The molecule has 1 aliphatic rings. The van der Waals surface area contributed by atoms with Gasteiger partial charge in [0.15, 0.2) is 0 Å². The van der Waals surface area contributed by atoms with Crippen molar-refractivity contribution < 1.29 is 0 Å². The molecule has 94 valence electrons. The monoisotopic (exact) mass is 223 g/mol. The Labute approximate surface area is 102 Å². The van der Waals surface area contributed by atoms with Gasteiger partial charge in [-0.05, 0) is 31.6 Å². The summed E-state index contributed by atoms with van der Waals surface area (Å²) in [4.78, 5) is 4.55. The molecule has 1 nitrogen and oxygen atoms in total. The molecule has 0 aliphatic heterocycles. The van der Waals surface area contributed by atoms with E-state index in [0.29, 0.717) is 0 Å². The molecule has 0 bridgehead atoms. The number of nitrogens with zero attached hydrogens (tertiary/aromatic N) is 1. The summed E-state index contributed by atoms with van der Waals surface area (Å²) in [5.41, 5.74) is 1.52. The summed E-state index contributed by atoms with van der Waals surface area (Å²) in [6.07, 6.45) is 15.3. The van der Waals surface area contributed by atoms with Crippen LogP contribution in [0.15, 0.2) is 4.99 Å². The third-order valence-corrected chi connectivity index (χ3v) is 3.90. The molecule has 1 heteroatoms. The molecule has 0 saturated heterocycles. The minimum absolute atomic E-state index is 0.838. The topological polar surface area (TPSA) is 12.4 Å². The van der Waals surface area contributed by atoms with Gasteiger partial charge >= 0.3 is 0 Å². The van der Waals surface area contributed by atoms with E-state index in [1.165, 1.54) is 76.3 Å². The second-order valence-corrected chi connectivity index (χ2v) is 5.21. The van der Waals surface area contributed by atoms with Crippen molar-refractivity contribution >= 4 is 5.71 Å². The third-order valence-electron chi connectivity index (χ3n) is 3.90. The molecule has 1 rings (SSSR count). The molecular formula is C15H29N. The van der Waals surface area contributed by atoms with Gasteiger partial charge in [0, 0.05) is 12.8 Å². The molecule has 0 N–H and O–H groups in total. The number of rotatable bonds is 7. The SMILES string of the molecule is CCCCCCCC(=NC)C1CCCCC1. The highest BCUT2D eigenvalue weighted by Crippen LogP contribution is 2.26. The molecule has 0 aromatic rings. The van der Waals surface area contributed by atoms with Crippen LogP contribution < -0.4 is 0 Å². The Morgan fingerprint density at radius 3 is 2.31 bits per heavy atom. The van der Waals surface area contributed by atoms with Crippen molar-refractivity contribution in [3.63, 3.8) is 0 Å². The van der Waals surface area contributed by atoms with Crippen LogP contribution in [-0.4, -0.2) is 12.8 Å². The zero-order chi connectivity index (χ0) is 11.6. The first-order chi connectivity index (χ1) is 7.88. The van der Waals surface area contributed by atoms with Gasteiger partial charge in [-0.25, -0.2) is 0 Å². The average Bonchev–Trinajstić information content (AvgIpc) is 2.35. The van der Waals surface area contributed by atoms with Crippen molar-refractivity contribution in [3.8, 4) is 0 Å². The minimum atomic E-state index is 0.838. The van der Waals surface area contributed by atoms with Crippen molar-refractivity contribution in [2.75, 3.05) is 7.05 Å². The van der Waals surface area contributed by atoms with Crippen molar-refractivity contribution in [1.82, 2.24) is 0 Å². The predicted molar refractivity (Wildman–Crippen MR) is 73.3 cm³/mol. The first kappa shape index (κ1) is 13.7. The smallest absolute Gasteiger partial charge is 0.0276 e. The van der Waals surface area contributed by atoms with E-state index in [4.69, 9.17) is 0 Å². The first-order valence-corrected chi connectivity index (χ1v) is 7.34. The lowest BCUT2D eigenvalue weighted by Gasteiger charge is -2.23. The average molecular weight is 223 g/mol. The number of unbranched alkanes of at least 4 members (excludes halogenated alkanes) is 4. The Balaban J connectivity index is 2.16. The van der Waals surface area contributed by atoms with Crippen molar-refractivity contribution in [2.45, 2.75) is 77.6 Å². The Bertz CT molecular complexity index is 190. The van der Waals surface area contributed by atoms with Crippen molar-refractivity contribution in [2.24, 2.45) is 10.9 Å². The highest BCUT2D eigenvalue weighted by atomic mass is 14.7. The summed E-state index contributed by atoms with van der Waals surface area (Å²) in [6.45, 7) is 2.28. The van der Waals surface area contributed by atoms with E-state index >= 15 is 0 Å². The van der Waals surface area contributed by atoms with Gasteiger partial charge in [0.05, 0.1) is 0 Å². The molecular weight excluding hydrogens is 194 g/mol. The van der Waals surface area contributed by atoms with E-state index in [1.54, 1.807) is 0 Å². The van der Waals surface area contributed by atoms with Gasteiger partial charge in [0.2, 0.25) is 0 Å². The minimum Gasteiger partial charge on any atom is -0.297 e. The van der Waals surface area contributed by atoms with E-state index in [0.717, 1.165) is 5.92 Å². The van der Waals surface area contributed by atoms with Crippen LogP contribution in [0, 0.1) is 5.92 Å². The summed E-state index contributed by atoms with van der Waals surface area (Å²) in [5.74, 6) is 0.838. The Kier molecular flexibility index (Phi) is 7.54. The second-order valence-electron chi connectivity index (χ2n) is 5.21. The zero-order valence-corrected chi connectivity index (χ0v) is 11.3. The van der Waals surface area contributed by atoms with Gasteiger partial charge in [-0.3, -0.25) is 4.99 Å². The molecule has 16 heavy (non-hydrogen) atoms. The summed E-state index contributed by atoms with van der Waals surface area (Å²) in [5, 5.41) is 0. The molecule has 0 aromatic heterocycles. The highest BCUT2D eigenvalue weighted by Gasteiger charge is 2.17. The molecule has 0 heterocycles. The van der Waals surface area contributed by atoms with E-state index in [2.05, 4.69) is 11.9 Å². The van der Waals surface area contributed by atoms with Crippen LogP contribution in [0.1, 0.15) is 77.6 Å². The van der Waals surface area contributed by atoms with E-state index in [9.17, 15) is 0 Å². The number of hydrogen-bond acceptors (Lipinski definition) is 1. The van der Waals surface area contributed by atoms with E-state index in [-0.39, 0.29) is 0 Å². The molecule has 1 aliphatic carbocycles. The second kappa shape index (κ2) is 8.78. The predicted octanol–water partition coefficient (Wildman–Crippen LogP) is 5.00. The zero-order valence-electron chi connectivity index (χ0n) is 11.3. The van der Waals surface area contributed by atoms with Gasteiger partial charge in [-0.1, -0.05) is 51.9 Å². The van der Waals surface area contributed by atoms with Crippen LogP contribution in [0.5, 0.6) is 0 Å². The number of aliphatic imine (C=N–C) groups is 1. The lowest BCUT2D eigenvalue weighted by Crippen LogP contribution is -2.17. The number of hydrogen-bond donors (Lipinski definition) is 0. The quantitative estimate of drug-likeness (QED) is 0.425. The van der Waals surface area contributed by atoms with Crippen LogP contribution in [-0.2, 0) is 0 Å². The van der Waals surface area contributed by atoms with E-state index < -0.39 is 0 Å². The maximum Gasteiger partial charge on any atom is 0.0276 e. The summed E-state index contributed by atoms with van der Waals surface area (Å²) < 4.78 is 0. The molecule has 0 radical (unpaired) electrons. The molecule has 1 fully saturated rings. The van der Waals surface area contributed by atoms with Gasteiger partial charge in [-0.2, -0.15) is 0 Å². The van der Waals surface area contributed by atoms with Gasteiger partial charge in [-0.15, -0.1) is 0 Å². The van der Waals surface area contributed by atoms with Gasteiger partial charge in [0.25, 0.3) is 0 Å². The van der Waals surface area contributed by atoms with Gasteiger partial charge in [0.1, 0.15) is 0 Å². The fraction of sp³-hybridized carbons (Fsp3) is 0.933. The summed E-state index contributed by atoms with van der Waals surface area (Å²) in [6, 6.07) is 0. The van der Waals surface area contributed by atoms with Crippen LogP contribution in [0.3, 0.4) is 0 Å². The molecule has 0 amide bonds. The lowest BCUT2D eigenvalue weighted by molar-refractivity contribution is 0.433. The van der Waals surface area contributed by atoms with Crippen LogP contribution in [0.2, 0.25) is 0 Å². The van der Waals surface area contributed by atoms with Crippen molar-refractivity contribution in [3.05, 3.63) is 0 Å². The van der Waals surface area contributed by atoms with Crippen LogP contribution in [0.4, 0.5) is 0 Å². The molecule has 0 spiro atoms. The van der Waals surface area contributed by atoms with Crippen LogP contribution in [0.25, 0.3) is 0 Å². The standard InChI is InChI=1S/C15H29N/c1-3-4-5-6-10-13-15(16-2)14-11-8-7-9-12-14/h14H,3-13H2,1-2H3. The Hall–Kier alpha value is -0.330. The van der Waals surface area contributed by atoms with Gasteiger partial charge < -0.3 is 0 Å². The maximum atomic E-state index is 4.55. The normalized spacial score (nSPS) is 19.0. The summed E-state index contributed by atoms with van der Waals surface area (Å²) in [7, 11) is 2.00. The molecule has 0 atom stereocenters. The Morgan fingerprint density at radius 1 is 1.00 bits per heavy atom.